The Morgan fingerprint density at radius 1 is 0.871 bits per heavy atom. The molecule has 0 radical (unpaired) electrons. The van der Waals surface area contributed by atoms with E-state index in [-0.39, 0.29) is 30.8 Å². The van der Waals surface area contributed by atoms with Crippen LogP contribution >= 0.6 is 0 Å². The van der Waals surface area contributed by atoms with Gasteiger partial charge in [0.2, 0.25) is 0 Å². The molecule has 6 nitrogen and oxygen atoms in total. The van der Waals surface area contributed by atoms with Crippen LogP contribution in [0, 0.1) is 6.92 Å². The van der Waals surface area contributed by atoms with Gasteiger partial charge < -0.3 is 9.64 Å². The Labute approximate surface area is 180 Å². The van der Waals surface area contributed by atoms with Gasteiger partial charge in [-0.1, -0.05) is 29.8 Å². The van der Waals surface area contributed by atoms with Crippen LogP contribution in [0.15, 0.2) is 72.8 Å². The molecule has 0 bridgehead atoms. The molecular formula is C25H22N2O4. The van der Waals surface area contributed by atoms with Crippen LogP contribution in [-0.4, -0.2) is 42.8 Å². The predicted molar refractivity (Wildman–Crippen MR) is 118 cm³/mol. The van der Waals surface area contributed by atoms with Crippen molar-refractivity contribution in [1.29, 1.82) is 0 Å². The SMILES string of the molecule is COc1ccc(N(CCN2C(=O)c3ccccc3C2=O)C(=O)c2ccc(C)cc2)cc1. The van der Waals surface area contributed by atoms with E-state index in [4.69, 9.17) is 4.74 Å². The van der Waals surface area contributed by atoms with Crippen LogP contribution in [0.1, 0.15) is 36.6 Å². The molecule has 0 saturated heterocycles. The summed E-state index contributed by atoms with van der Waals surface area (Å²) in [5, 5.41) is 0. The van der Waals surface area contributed by atoms with E-state index in [0.717, 1.165) is 5.56 Å². The summed E-state index contributed by atoms with van der Waals surface area (Å²) in [6.45, 7) is 2.22. The number of benzene rings is 3. The average molecular weight is 414 g/mol. The van der Waals surface area contributed by atoms with Crippen molar-refractivity contribution in [3.8, 4) is 5.75 Å². The Bertz CT molecular complexity index is 1100. The summed E-state index contributed by atoms with van der Waals surface area (Å²) in [6.07, 6.45) is 0. The normalized spacial score (nSPS) is 12.6. The van der Waals surface area contributed by atoms with Gasteiger partial charge in [-0.25, -0.2) is 0 Å². The molecule has 156 valence electrons. The molecule has 3 amide bonds. The summed E-state index contributed by atoms with van der Waals surface area (Å²) in [5.74, 6) is -0.204. The average Bonchev–Trinajstić information content (AvgIpc) is 3.05. The van der Waals surface area contributed by atoms with Crippen molar-refractivity contribution in [2.75, 3.05) is 25.1 Å². The molecule has 0 fully saturated rings. The van der Waals surface area contributed by atoms with Crippen molar-refractivity contribution in [2.24, 2.45) is 0 Å². The van der Waals surface area contributed by atoms with Crippen molar-refractivity contribution >= 4 is 23.4 Å². The lowest BCUT2D eigenvalue weighted by atomic mass is 10.1. The highest BCUT2D eigenvalue weighted by molar-refractivity contribution is 6.21. The Kier molecular flexibility index (Phi) is 5.54. The fourth-order valence-corrected chi connectivity index (χ4v) is 3.60. The third kappa shape index (κ3) is 3.92. The van der Waals surface area contributed by atoms with Crippen LogP contribution in [0.3, 0.4) is 0 Å². The van der Waals surface area contributed by atoms with Gasteiger partial charge in [0.15, 0.2) is 0 Å². The Balaban J connectivity index is 1.60. The van der Waals surface area contributed by atoms with E-state index in [9.17, 15) is 14.4 Å². The Morgan fingerprint density at radius 3 is 2.00 bits per heavy atom. The summed E-state index contributed by atoms with van der Waals surface area (Å²) in [7, 11) is 1.58. The quantitative estimate of drug-likeness (QED) is 0.573. The molecule has 0 aromatic heterocycles. The number of ether oxygens (including phenoxy) is 1. The second-order valence-electron chi connectivity index (χ2n) is 7.33. The number of anilines is 1. The zero-order chi connectivity index (χ0) is 22.0. The molecule has 6 heteroatoms. The lowest BCUT2D eigenvalue weighted by Gasteiger charge is -2.25. The molecule has 0 atom stereocenters. The van der Waals surface area contributed by atoms with Crippen molar-refractivity contribution in [2.45, 2.75) is 6.92 Å². The first-order valence-corrected chi connectivity index (χ1v) is 9.97. The molecule has 1 aliphatic rings. The summed E-state index contributed by atoms with van der Waals surface area (Å²) >= 11 is 0. The number of methoxy groups -OCH3 is 1. The maximum Gasteiger partial charge on any atom is 0.261 e. The van der Waals surface area contributed by atoms with Crippen LogP contribution in [0.2, 0.25) is 0 Å². The van der Waals surface area contributed by atoms with Gasteiger partial charge in [-0.15, -0.1) is 0 Å². The highest BCUT2D eigenvalue weighted by Crippen LogP contribution is 2.24. The topological polar surface area (TPSA) is 66.9 Å². The van der Waals surface area contributed by atoms with Crippen LogP contribution in [0.25, 0.3) is 0 Å². The molecule has 0 aliphatic carbocycles. The molecule has 0 N–H and O–H groups in total. The monoisotopic (exact) mass is 414 g/mol. The number of aryl methyl sites for hydroxylation is 1. The molecule has 1 aliphatic heterocycles. The van der Waals surface area contributed by atoms with Crippen LogP contribution < -0.4 is 9.64 Å². The number of rotatable bonds is 6. The van der Waals surface area contributed by atoms with E-state index >= 15 is 0 Å². The molecule has 0 spiro atoms. The number of imide groups is 1. The van der Waals surface area contributed by atoms with E-state index in [1.54, 1.807) is 72.7 Å². The third-order valence-electron chi connectivity index (χ3n) is 5.35. The zero-order valence-corrected chi connectivity index (χ0v) is 17.4. The Morgan fingerprint density at radius 2 is 1.45 bits per heavy atom. The van der Waals surface area contributed by atoms with Crippen molar-refractivity contribution in [1.82, 2.24) is 4.90 Å². The molecule has 1 heterocycles. The number of hydrogen-bond donors (Lipinski definition) is 0. The van der Waals surface area contributed by atoms with Crippen molar-refractivity contribution in [3.05, 3.63) is 95.1 Å². The summed E-state index contributed by atoms with van der Waals surface area (Å²) in [5.41, 5.74) is 3.03. The van der Waals surface area contributed by atoms with Crippen LogP contribution in [0.5, 0.6) is 5.75 Å². The first-order chi connectivity index (χ1) is 15.0. The summed E-state index contributed by atoms with van der Waals surface area (Å²) < 4.78 is 5.21. The van der Waals surface area contributed by atoms with Crippen LogP contribution in [-0.2, 0) is 0 Å². The van der Waals surface area contributed by atoms with Gasteiger partial charge in [0.25, 0.3) is 17.7 Å². The van der Waals surface area contributed by atoms with Crippen molar-refractivity contribution in [3.63, 3.8) is 0 Å². The fraction of sp³-hybridized carbons (Fsp3) is 0.160. The molecule has 0 unspecified atom stereocenters. The lowest BCUT2D eigenvalue weighted by Crippen LogP contribution is -2.41. The molecule has 0 saturated carbocycles. The second-order valence-corrected chi connectivity index (χ2v) is 7.33. The highest BCUT2D eigenvalue weighted by atomic mass is 16.5. The standard InChI is InChI=1S/C25H22N2O4/c1-17-7-9-18(10-8-17)23(28)26(19-11-13-20(31-2)14-12-19)15-16-27-24(29)21-5-3-4-6-22(21)25(27)30/h3-14H,15-16H2,1-2H3. The van der Waals surface area contributed by atoms with Gasteiger partial charge in [0.05, 0.1) is 18.2 Å². The Hall–Kier alpha value is -3.93. The van der Waals surface area contributed by atoms with Crippen LogP contribution in [0.4, 0.5) is 5.69 Å². The molecule has 4 rings (SSSR count). The van der Waals surface area contributed by atoms with Gasteiger partial charge in [0.1, 0.15) is 5.75 Å². The minimum Gasteiger partial charge on any atom is -0.497 e. The van der Waals surface area contributed by atoms with Gasteiger partial charge in [0, 0.05) is 24.3 Å². The number of fused-ring (bicyclic) bond motifs is 1. The lowest BCUT2D eigenvalue weighted by molar-refractivity contribution is 0.0654. The minimum absolute atomic E-state index is 0.0932. The zero-order valence-electron chi connectivity index (χ0n) is 17.4. The molecule has 3 aromatic carbocycles. The largest absolute Gasteiger partial charge is 0.497 e. The van der Waals surface area contributed by atoms with E-state index in [1.807, 2.05) is 19.1 Å². The maximum atomic E-state index is 13.3. The number of amides is 3. The van der Waals surface area contributed by atoms with Crippen molar-refractivity contribution < 1.29 is 19.1 Å². The minimum atomic E-state index is -0.335. The van der Waals surface area contributed by atoms with E-state index in [0.29, 0.717) is 28.1 Å². The summed E-state index contributed by atoms with van der Waals surface area (Å²) in [6, 6.07) is 21.2. The second kappa shape index (κ2) is 8.44. The number of carbonyl (C=O) groups excluding carboxylic acids is 3. The smallest absolute Gasteiger partial charge is 0.261 e. The first kappa shape index (κ1) is 20.3. The number of hydrogen-bond acceptors (Lipinski definition) is 4. The van der Waals surface area contributed by atoms with E-state index in [2.05, 4.69) is 0 Å². The molecular weight excluding hydrogens is 392 g/mol. The van der Waals surface area contributed by atoms with Gasteiger partial charge >= 0.3 is 0 Å². The number of carbonyl (C=O) groups is 3. The van der Waals surface area contributed by atoms with Gasteiger partial charge in [-0.2, -0.15) is 0 Å². The predicted octanol–water partition coefficient (Wildman–Crippen LogP) is 3.95. The van der Waals surface area contributed by atoms with Gasteiger partial charge in [-0.3, -0.25) is 19.3 Å². The van der Waals surface area contributed by atoms with Gasteiger partial charge in [-0.05, 0) is 55.5 Å². The number of nitrogens with zero attached hydrogens (tertiary/aromatic N) is 2. The first-order valence-electron chi connectivity index (χ1n) is 9.97. The highest BCUT2D eigenvalue weighted by Gasteiger charge is 2.35. The maximum absolute atomic E-state index is 13.3. The fourth-order valence-electron chi connectivity index (χ4n) is 3.60. The molecule has 31 heavy (non-hydrogen) atoms. The van der Waals surface area contributed by atoms with E-state index < -0.39 is 0 Å². The van der Waals surface area contributed by atoms with E-state index in [1.165, 1.54) is 4.90 Å². The third-order valence-corrected chi connectivity index (χ3v) is 5.35. The molecule has 3 aromatic rings. The summed E-state index contributed by atoms with van der Waals surface area (Å²) in [4.78, 5) is 41.5.